The minimum Gasteiger partial charge on any atom is -0.370 e. The van der Waals surface area contributed by atoms with E-state index in [1.54, 1.807) is 6.92 Å². The van der Waals surface area contributed by atoms with Crippen LogP contribution in [0, 0.1) is 11.8 Å². The second-order valence-corrected chi connectivity index (χ2v) is 7.66. The summed E-state index contributed by atoms with van der Waals surface area (Å²) in [7, 11) is 0. The number of allylic oxidation sites excluding steroid dienone is 3. The summed E-state index contributed by atoms with van der Waals surface area (Å²) < 4.78 is 66.5. The highest BCUT2D eigenvalue weighted by Crippen LogP contribution is 2.32. The molecule has 1 unspecified atom stereocenters. The van der Waals surface area contributed by atoms with Gasteiger partial charge in [0.25, 0.3) is 0 Å². The van der Waals surface area contributed by atoms with Crippen LogP contribution in [0.2, 0.25) is 0 Å². The van der Waals surface area contributed by atoms with Gasteiger partial charge < -0.3 is 5.32 Å². The van der Waals surface area contributed by atoms with Crippen LogP contribution in [0.25, 0.3) is 0 Å². The van der Waals surface area contributed by atoms with Gasteiger partial charge in [0.15, 0.2) is 0 Å². The molecule has 2 nitrogen and oxygen atoms in total. The van der Waals surface area contributed by atoms with Gasteiger partial charge in [-0.2, -0.15) is 13.2 Å². The molecule has 0 saturated carbocycles. The third-order valence-corrected chi connectivity index (χ3v) is 5.31. The van der Waals surface area contributed by atoms with Crippen LogP contribution >= 0.6 is 0 Å². The van der Waals surface area contributed by atoms with E-state index in [1.807, 2.05) is 20.8 Å². The van der Waals surface area contributed by atoms with E-state index in [4.69, 9.17) is 0 Å². The zero-order chi connectivity index (χ0) is 22.7. The molecular formula is C22H37F5N2. The average Bonchev–Trinajstić information content (AvgIpc) is 2.64. The van der Waals surface area contributed by atoms with E-state index >= 15 is 0 Å². The van der Waals surface area contributed by atoms with Gasteiger partial charge in [-0.25, -0.2) is 13.8 Å². The molecule has 0 amide bonds. The first-order valence-corrected chi connectivity index (χ1v) is 10.5. The van der Waals surface area contributed by atoms with E-state index in [-0.39, 0.29) is 24.7 Å². The molecule has 170 valence electrons. The number of alkyl halides is 5. The first-order valence-electron chi connectivity index (χ1n) is 10.5. The summed E-state index contributed by atoms with van der Waals surface area (Å²) in [5.41, 5.74) is -0.00106. The van der Waals surface area contributed by atoms with Crippen LogP contribution in [0.3, 0.4) is 0 Å². The molecule has 0 aliphatic carbocycles. The van der Waals surface area contributed by atoms with Crippen molar-refractivity contribution >= 4 is 6.21 Å². The highest BCUT2D eigenvalue weighted by Gasteiger charge is 2.33. The highest BCUT2D eigenvalue weighted by atomic mass is 19.4. The Morgan fingerprint density at radius 2 is 1.72 bits per heavy atom. The summed E-state index contributed by atoms with van der Waals surface area (Å²) in [5.74, 6) is -2.54. The minimum atomic E-state index is -4.46. The third-order valence-electron chi connectivity index (χ3n) is 5.31. The van der Waals surface area contributed by atoms with Crippen molar-refractivity contribution < 1.29 is 22.0 Å². The second kappa shape index (κ2) is 13.0. The smallest absolute Gasteiger partial charge is 0.370 e. The lowest BCUT2D eigenvalue weighted by Crippen LogP contribution is -2.31. The van der Waals surface area contributed by atoms with Gasteiger partial charge in [-0.1, -0.05) is 46.6 Å². The maximum atomic E-state index is 13.9. The molecule has 29 heavy (non-hydrogen) atoms. The zero-order valence-corrected chi connectivity index (χ0v) is 18.6. The van der Waals surface area contributed by atoms with Gasteiger partial charge in [0.05, 0.1) is 5.57 Å². The van der Waals surface area contributed by atoms with Gasteiger partial charge in [0, 0.05) is 25.6 Å². The zero-order valence-electron chi connectivity index (χ0n) is 18.6. The van der Waals surface area contributed by atoms with Crippen LogP contribution in [0.4, 0.5) is 22.0 Å². The van der Waals surface area contributed by atoms with Gasteiger partial charge in [0.2, 0.25) is 5.92 Å². The standard InChI is InChI=1S/C22H37F5N2/c1-7-11-12-18(17(6)13-21(23,24)10-4)14-28-20(16(5)8-2)29-15-19(9-3)22(25,26)27/h9,15,17-18,28H,7-8,10-14H2,1-6H3/b19-9+,20-16-,29-15+/t17-,18?/m1/s1. The summed E-state index contributed by atoms with van der Waals surface area (Å²) in [6.07, 6.45) is 0.227. The maximum absolute atomic E-state index is 13.9. The molecule has 0 heterocycles. The third kappa shape index (κ3) is 10.8. The molecule has 0 spiro atoms. The van der Waals surface area contributed by atoms with E-state index in [0.29, 0.717) is 18.8 Å². The predicted molar refractivity (Wildman–Crippen MR) is 111 cm³/mol. The van der Waals surface area contributed by atoms with Crippen LogP contribution in [-0.2, 0) is 0 Å². The molecule has 0 rings (SSSR count). The van der Waals surface area contributed by atoms with Crippen molar-refractivity contribution in [3.8, 4) is 0 Å². The Morgan fingerprint density at radius 3 is 2.17 bits per heavy atom. The number of unbranched alkanes of at least 4 members (excludes halogenated alkanes) is 1. The Balaban J connectivity index is 5.40. The molecule has 0 fully saturated rings. The quantitative estimate of drug-likeness (QED) is 0.238. The summed E-state index contributed by atoms with van der Waals surface area (Å²) in [4.78, 5) is 4.04. The highest BCUT2D eigenvalue weighted by molar-refractivity contribution is 5.80. The molecule has 0 saturated heterocycles. The number of hydrogen-bond donors (Lipinski definition) is 1. The molecular weight excluding hydrogens is 387 g/mol. The number of nitrogens with zero attached hydrogens (tertiary/aromatic N) is 1. The van der Waals surface area contributed by atoms with Gasteiger partial charge in [0.1, 0.15) is 5.82 Å². The molecule has 0 radical (unpaired) electrons. The molecule has 1 N–H and O–H groups in total. The molecule has 2 atom stereocenters. The van der Waals surface area contributed by atoms with E-state index in [0.717, 1.165) is 37.1 Å². The second-order valence-electron chi connectivity index (χ2n) is 7.66. The van der Waals surface area contributed by atoms with Crippen molar-refractivity contribution in [2.75, 3.05) is 6.54 Å². The predicted octanol–water partition coefficient (Wildman–Crippen LogP) is 7.67. The summed E-state index contributed by atoms with van der Waals surface area (Å²) in [6.45, 7) is 10.8. The summed E-state index contributed by atoms with van der Waals surface area (Å²) >= 11 is 0. The fourth-order valence-electron chi connectivity index (χ4n) is 2.98. The fourth-order valence-corrected chi connectivity index (χ4v) is 2.98. The van der Waals surface area contributed by atoms with Gasteiger partial charge in [-0.05, 0) is 44.1 Å². The van der Waals surface area contributed by atoms with Crippen molar-refractivity contribution in [1.29, 1.82) is 0 Å². The van der Waals surface area contributed by atoms with Crippen LogP contribution in [0.1, 0.15) is 80.1 Å². The van der Waals surface area contributed by atoms with Crippen LogP contribution in [-0.4, -0.2) is 24.9 Å². The average molecular weight is 425 g/mol. The van der Waals surface area contributed by atoms with Crippen molar-refractivity contribution in [3.63, 3.8) is 0 Å². The Labute approximate surface area is 172 Å². The van der Waals surface area contributed by atoms with Gasteiger partial charge in [-0.15, -0.1) is 0 Å². The van der Waals surface area contributed by atoms with Gasteiger partial charge in [-0.3, -0.25) is 0 Å². The largest absolute Gasteiger partial charge is 0.417 e. The minimum absolute atomic E-state index is 0.00830. The van der Waals surface area contributed by atoms with E-state index < -0.39 is 17.7 Å². The number of halogens is 5. The van der Waals surface area contributed by atoms with Crippen LogP contribution in [0.15, 0.2) is 28.0 Å². The maximum Gasteiger partial charge on any atom is 0.417 e. The lowest BCUT2D eigenvalue weighted by molar-refractivity contribution is -0.0857. The Hall–Kier alpha value is -1.40. The molecule has 0 aromatic carbocycles. The number of aliphatic imine (C=N–C) groups is 1. The normalized spacial score (nSPS) is 16.7. The van der Waals surface area contributed by atoms with Crippen LogP contribution in [0.5, 0.6) is 0 Å². The van der Waals surface area contributed by atoms with E-state index in [2.05, 4.69) is 10.3 Å². The van der Waals surface area contributed by atoms with E-state index in [9.17, 15) is 22.0 Å². The molecule has 7 heteroatoms. The van der Waals surface area contributed by atoms with Crippen molar-refractivity contribution in [2.24, 2.45) is 16.8 Å². The topological polar surface area (TPSA) is 24.4 Å². The lowest BCUT2D eigenvalue weighted by Gasteiger charge is -2.28. The Morgan fingerprint density at radius 1 is 1.10 bits per heavy atom. The Kier molecular flexibility index (Phi) is 12.4. The molecule has 0 aliphatic rings. The SMILES string of the molecule is C\C=C(/C=N/C(NCC(CCCC)[C@H](C)CC(F)(F)CC)=C(/C)CC)C(F)(F)F. The summed E-state index contributed by atoms with van der Waals surface area (Å²) in [6, 6.07) is 0. The number of hydrogen-bond acceptors (Lipinski definition) is 2. The van der Waals surface area contributed by atoms with E-state index in [1.165, 1.54) is 13.8 Å². The molecule has 0 aromatic heterocycles. The van der Waals surface area contributed by atoms with Crippen molar-refractivity contribution in [1.82, 2.24) is 5.32 Å². The van der Waals surface area contributed by atoms with Gasteiger partial charge >= 0.3 is 6.18 Å². The summed E-state index contributed by atoms with van der Waals surface area (Å²) in [5, 5.41) is 3.14. The lowest BCUT2D eigenvalue weighted by atomic mass is 9.84. The van der Waals surface area contributed by atoms with Crippen molar-refractivity contribution in [2.45, 2.75) is 92.2 Å². The molecule has 0 aromatic rings. The first-order chi connectivity index (χ1) is 13.4. The first kappa shape index (κ1) is 27.6. The van der Waals surface area contributed by atoms with Crippen LogP contribution < -0.4 is 5.32 Å². The fraction of sp³-hybridized carbons (Fsp3) is 0.773. The molecule has 0 bridgehead atoms. The monoisotopic (exact) mass is 424 g/mol. The number of rotatable bonds is 13. The number of nitrogens with one attached hydrogen (secondary N) is 1. The molecule has 0 aliphatic heterocycles. The van der Waals surface area contributed by atoms with Crippen molar-refractivity contribution in [3.05, 3.63) is 23.0 Å². The Bertz CT molecular complexity index is 562.